The molecular formula is C15H24N2O3. The van der Waals surface area contributed by atoms with E-state index >= 15 is 0 Å². The summed E-state index contributed by atoms with van der Waals surface area (Å²) in [6, 6.07) is 5.12. The minimum Gasteiger partial charge on any atom is -0.491 e. The zero-order valence-electron chi connectivity index (χ0n) is 12.7. The van der Waals surface area contributed by atoms with Crippen LogP contribution in [0.3, 0.4) is 0 Å². The Balaban J connectivity index is 2.68. The number of ether oxygens (including phenoxy) is 2. The van der Waals surface area contributed by atoms with Gasteiger partial charge in [0.1, 0.15) is 12.4 Å². The predicted octanol–water partition coefficient (Wildman–Crippen LogP) is 2.16. The van der Waals surface area contributed by atoms with Crippen LogP contribution >= 0.6 is 0 Å². The molecule has 0 saturated heterocycles. The fraction of sp³-hybridized carbons (Fsp3) is 0.533. The third kappa shape index (κ3) is 4.74. The van der Waals surface area contributed by atoms with Crippen molar-refractivity contribution in [3.05, 3.63) is 23.8 Å². The summed E-state index contributed by atoms with van der Waals surface area (Å²) in [5, 5.41) is 0. The Morgan fingerprint density at radius 1 is 1.40 bits per heavy atom. The van der Waals surface area contributed by atoms with Gasteiger partial charge in [-0.25, -0.2) is 4.79 Å². The Labute approximate surface area is 120 Å². The molecule has 0 radical (unpaired) electrons. The lowest BCUT2D eigenvalue weighted by Gasteiger charge is -2.19. The Kier molecular flexibility index (Phi) is 6.31. The Bertz CT molecular complexity index is 447. The first-order valence-corrected chi connectivity index (χ1v) is 6.81. The molecule has 0 unspecified atom stereocenters. The van der Waals surface area contributed by atoms with E-state index < -0.39 is 0 Å². The summed E-state index contributed by atoms with van der Waals surface area (Å²) < 4.78 is 10.8. The van der Waals surface area contributed by atoms with E-state index in [2.05, 4.69) is 0 Å². The molecule has 1 aromatic rings. The van der Waals surface area contributed by atoms with E-state index in [0.29, 0.717) is 30.2 Å². The number of nitrogens with two attached hydrogens (primary N) is 1. The van der Waals surface area contributed by atoms with Gasteiger partial charge in [0, 0.05) is 6.04 Å². The molecule has 1 aromatic carbocycles. The van der Waals surface area contributed by atoms with Crippen LogP contribution in [0.5, 0.6) is 5.75 Å². The van der Waals surface area contributed by atoms with Crippen LogP contribution in [0.4, 0.5) is 5.69 Å². The minimum atomic E-state index is -0.361. The maximum atomic E-state index is 12.0. The van der Waals surface area contributed by atoms with E-state index in [9.17, 15) is 4.79 Å². The van der Waals surface area contributed by atoms with Gasteiger partial charge in [-0.05, 0) is 45.6 Å². The summed E-state index contributed by atoms with van der Waals surface area (Å²) in [4.78, 5) is 14.0. The number of nitrogen functional groups attached to an aromatic ring is 1. The van der Waals surface area contributed by atoms with Crippen molar-refractivity contribution in [2.24, 2.45) is 0 Å². The van der Waals surface area contributed by atoms with Crippen LogP contribution in [0.15, 0.2) is 18.2 Å². The Hall–Kier alpha value is -1.75. The fourth-order valence-electron chi connectivity index (χ4n) is 1.43. The first kappa shape index (κ1) is 16.3. The molecule has 20 heavy (non-hydrogen) atoms. The molecule has 5 nitrogen and oxygen atoms in total. The summed E-state index contributed by atoms with van der Waals surface area (Å²) in [6.45, 7) is 4.92. The van der Waals surface area contributed by atoms with Gasteiger partial charge in [-0.2, -0.15) is 0 Å². The number of benzene rings is 1. The van der Waals surface area contributed by atoms with Gasteiger partial charge in [-0.15, -0.1) is 0 Å². The molecule has 112 valence electrons. The molecule has 5 heteroatoms. The zero-order valence-corrected chi connectivity index (χ0v) is 12.7. The third-order valence-corrected chi connectivity index (χ3v) is 3.05. The largest absolute Gasteiger partial charge is 0.491 e. The molecule has 0 saturated carbocycles. The lowest BCUT2D eigenvalue weighted by Crippen LogP contribution is -2.30. The number of likely N-dealkylation sites (N-methyl/N-ethyl adjacent to an activating group) is 1. The monoisotopic (exact) mass is 280 g/mol. The SMILES string of the molecule is CCCOc1cc(C(=O)OC[C@H](C)N(C)C)ccc1N. The molecule has 2 N–H and O–H groups in total. The lowest BCUT2D eigenvalue weighted by molar-refractivity contribution is 0.0416. The molecule has 0 aliphatic heterocycles. The molecule has 0 aromatic heterocycles. The molecule has 0 bridgehead atoms. The highest BCUT2D eigenvalue weighted by Crippen LogP contribution is 2.23. The summed E-state index contributed by atoms with van der Waals surface area (Å²) >= 11 is 0. The van der Waals surface area contributed by atoms with Crippen molar-refractivity contribution in [3.8, 4) is 5.75 Å². The van der Waals surface area contributed by atoms with Gasteiger partial charge < -0.3 is 20.1 Å². The highest BCUT2D eigenvalue weighted by molar-refractivity contribution is 5.90. The molecule has 0 fully saturated rings. The number of nitrogens with zero attached hydrogens (tertiary/aromatic N) is 1. The second kappa shape index (κ2) is 7.75. The highest BCUT2D eigenvalue weighted by atomic mass is 16.5. The van der Waals surface area contributed by atoms with Crippen molar-refractivity contribution in [1.82, 2.24) is 4.90 Å². The smallest absolute Gasteiger partial charge is 0.338 e. The van der Waals surface area contributed by atoms with Crippen molar-refractivity contribution in [2.45, 2.75) is 26.3 Å². The van der Waals surface area contributed by atoms with Gasteiger partial charge in [0.2, 0.25) is 0 Å². The minimum absolute atomic E-state index is 0.170. The normalized spacial score (nSPS) is 12.2. The van der Waals surface area contributed by atoms with E-state index in [1.807, 2.05) is 32.8 Å². The number of esters is 1. The van der Waals surface area contributed by atoms with E-state index in [1.54, 1.807) is 18.2 Å². The van der Waals surface area contributed by atoms with E-state index in [0.717, 1.165) is 6.42 Å². The molecule has 1 rings (SSSR count). The molecule has 0 aliphatic carbocycles. The maximum Gasteiger partial charge on any atom is 0.338 e. The number of hydrogen-bond donors (Lipinski definition) is 1. The zero-order chi connectivity index (χ0) is 15.1. The van der Waals surface area contributed by atoms with Crippen molar-refractivity contribution in [1.29, 1.82) is 0 Å². The van der Waals surface area contributed by atoms with Crippen molar-refractivity contribution in [3.63, 3.8) is 0 Å². The summed E-state index contributed by atoms with van der Waals surface area (Å²) in [7, 11) is 3.89. The molecular weight excluding hydrogens is 256 g/mol. The fourth-order valence-corrected chi connectivity index (χ4v) is 1.43. The average Bonchev–Trinajstić information content (AvgIpc) is 2.43. The van der Waals surface area contributed by atoms with Gasteiger partial charge in [0.05, 0.1) is 17.9 Å². The van der Waals surface area contributed by atoms with Crippen LogP contribution in [0.2, 0.25) is 0 Å². The third-order valence-electron chi connectivity index (χ3n) is 3.05. The van der Waals surface area contributed by atoms with Crippen LogP contribution in [0.1, 0.15) is 30.6 Å². The van der Waals surface area contributed by atoms with Crippen LogP contribution in [-0.4, -0.2) is 44.2 Å². The Morgan fingerprint density at radius 3 is 2.70 bits per heavy atom. The van der Waals surface area contributed by atoms with Crippen LogP contribution in [-0.2, 0) is 4.74 Å². The van der Waals surface area contributed by atoms with Crippen LogP contribution < -0.4 is 10.5 Å². The molecule has 0 amide bonds. The van der Waals surface area contributed by atoms with Crippen LogP contribution in [0.25, 0.3) is 0 Å². The quantitative estimate of drug-likeness (QED) is 0.612. The second-order valence-corrected chi connectivity index (χ2v) is 5.01. The van der Waals surface area contributed by atoms with Crippen LogP contribution in [0, 0.1) is 0 Å². The molecule has 0 aliphatic rings. The standard InChI is InChI=1S/C15H24N2O3/c1-5-8-19-14-9-12(6-7-13(14)16)15(18)20-10-11(2)17(3)4/h6-7,9,11H,5,8,10,16H2,1-4H3/t11-/m0/s1. The number of carbonyl (C=O) groups excluding carboxylic acids is 1. The lowest BCUT2D eigenvalue weighted by atomic mass is 10.2. The van der Waals surface area contributed by atoms with Gasteiger partial charge in [0.15, 0.2) is 0 Å². The molecule has 0 spiro atoms. The van der Waals surface area contributed by atoms with Gasteiger partial charge in [0.25, 0.3) is 0 Å². The second-order valence-electron chi connectivity index (χ2n) is 5.01. The van der Waals surface area contributed by atoms with Gasteiger partial charge in [-0.1, -0.05) is 6.92 Å². The summed E-state index contributed by atoms with van der Waals surface area (Å²) in [5.74, 6) is 0.169. The van der Waals surface area contributed by atoms with Gasteiger partial charge in [-0.3, -0.25) is 0 Å². The Morgan fingerprint density at radius 2 is 2.10 bits per heavy atom. The average molecular weight is 280 g/mol. The summed E-state index contributed by atoms with van der Waals surface area (Å²) in [5.41, 5.74) is 6.79. The van der Waals surface area contributed by atoms with Crippen molar-refractivity contribution < 1.29 is 14.3 Å². The predicted molar refractivity (Wildman–Crippen MR) is 80.1 cm³/mol. The first-order chi connectivity index (χ1) is 9.45. The van der Waals surface area contributed by atoms with E-state index in [-0.39, 0.29) is 12.0 Å². The highest BCUT2D eigenvalue weighted by Gasteiger charge is 2.13. The maximum absolute atomic E-state index is 12.0. The number of carbonyl (C=O) groups is 1. The number of anilines is 1. The summed E-state index contributed by atoms with van der Waals surface area (Å²) in [6.07, 6.45) is 0.883. The van der Waals surface area contributed by atoms with Crippen molar-refractivity contribution >= 4 is 11.7 Å². The van der Waals surface area contributed by atoms with E-state index in [4.69, 9.17) is 15.2 Å². The first-order valence-electron chi connectivity index (χ1n) is 6.81. The van der Waals surface area contributed by atoms with E-state index in [1.165, 1.54) is 0 Å². The number of rotatable bonds is 7. The number of hydrogen-bond acceptors (Lipinski definition) is 5. The van der Waals surface area contributed by atoms with Crippen molar-refractivity contribution in [2.75, 3.05) is 33.0 Å². The topological polar surface area (TPSA) is 64.8 Å². The van der Waals surface area contributed by atoms with Gasteiger partial charge >= 0.3 is 5.97 Å². The molecule has 0 heterocycles. The molecule has 1 atom stereocenters.